The van der Waals surface area contributed by atoms with Gasteiger partial charge in [0.2, 0.25) is 0 Å². The fraction of sp³-hybridized carbons (Fsp3) is 0.273. The Labute approximate surface area is 97.1 Å². The maximum Gasteiger partial charge on any atom is 0.166 e. The van der Waals surface area contributed by atoms with E-state index in [1.54, 1.807) is 4.57 Å². The smallest absolute Gasteiger partial charge is 0.166 e. The zero-order valence-electron chi connectivity index (χ0n) is 9.32. The Morgan fingerprint density at radius 3 is 2.65 bits per heavy atom. The first-order chi connectivity index (χ1) is 8.17. The predicted octanol–water partition coefficient (Wildman–Crippen LogP) is 1.70. The van der Waals surface area contributed by atoms with E-state index in [9.17, 15) is 8.78 Å². The fourth-order valence-electron chi connectivity index (χ4n) is 1.69. The zero-order chi connectivity index (χ0) is 12.4. The van der Waals surface area contributed by atoms with E-state index >= 15 is 0 Å². The molecular formula is C11H12F2N4. The highest BCUT2D eigenvalue weighted by molar-refractivity contribution is 5.56. The van der Waals surface area contributed by atoms with Gasteiger partial charge in [-0.1, -0.05) is 0 Å². The number of nitrogens with zero attached hydrogens (tertiary/aromatic N) is 3. The molecule has 0 saturated carbocycles. The highest BCUT2D eigenvalue weighted by Gasteiger charge is 2.15. The number of halogens is 2. The van der Waals surface area contributed by atoms with Gasteiger partial charge < -0.3 is 10.3 Å². The third kappa shape index (κ3) is 2.03. The second-order valence-electron chi connectivity index (χ2n) is 3.51. The summed E-state index contributed by atoms with van der Waals surface area (Å²) >= 11 is 0. The van der Waals surface area contributed by atoms with Crippen molar-refractivity contribution >= 4 is 0 Å². The number of benzene rings is 1. The lowest BCUT2D eigenvalue weighted by molar-refractivity contribution is 0.583. The fourth-order valence-corrected chi connectivity index (χ4v) is 1.69. The standard InChI is InChI=1S/C11H12F2N4/c1-2-17-10(6-14)15-16-11(17)8-4-3-7(12)5-9(8)13/h3-5H,2,6,14H2,1H3. The van der Waals surface area contributed by atoms with Gasteiger partial charge in [0.1, 0.15) is 17.5 Å². The van der Waals surface area contributed by atoms with E-state index in [4.69, 9.17) is 5.73 Å². The van der Waals surface area contributed by atoms with Crippen LogP contribution in [-0.2, 0) is 13.1 Å². The van der Waals surface area contributed by atoms with Gasteiger partial charge in [-0.25, -0.2) is 8.78 Å². The molecule has 6 heteroatoms. The summed E-state index contributed by atoms with van der Waals surface area (Å²) in [5.74, 6) is -0.333. The summed E-state index contributed by atoms with van der Waals surface area (Å²) in [5.41, 5.74) is 5.73. The van der Waals surface area contributed by atoms with Gasteiger partial charge in [0.15, 0.2) is 5.82 Å². The molecule has 0 saturated heterocycles. The normalized spacial score (nSPS) is 10.8. The summed E-state index contributed by atoms with van der Waals surface area (Å²) in [7, 11) is 0. The van der Waals surface area contributed by atoms with Crippen LogP contribution in [-0.4, -0.2) is 14.8 Å². The van der Waals surface area contributed by atoms with Crippen molar-refractivity contribution in [1.82, 2.24) is 14.8 Å². The summed E-state index contributed by atoms with van der Waals surface area (Å²) in [6.45, 7) is 2.68. The Bertz CT molecular complexity index is 536. The molecule has 0 atom stereocenters. The number of rotatable bonds is 3. The third-order valence-corrected chi connectivity index (χ3v) is 2.50. The number of hydrogen-bond acceptors (Lipinski definition) is 3. The number of nitrogens with two attached hydrogens (primary N) is 1. The molecule has 4 nitrogen and oxygen atoms in total. The third-order valence-electron chi connectivity index (χ3n) is 2.50. The van der Waals surface area contributed by atoms with Crippen molar-refractivity contribution in [3.8, 4) is 11.4 Å². The van der Waals surface area contributed by atoms with Gasteiger partial charge in [0.25, 0.3) is 0 Å². The maximum absolute atomic E-state index is 13.6. The molecule has 1 aromatic heterocycles. The minimum atomic E-state index is -0.657. The average molecular weight is 238 g/mol. The minimum Gasteiger partial charge on any atom is -0.324 e. The van der Waals surface area contributed by atoms with E-state index in [2.05, 4.69) is 10.2 Å². The van der Waals surface area contributed by atoms with Gasteiger partial charge in [-0.05, 0) is 19.1 Å². The molecule has 90 valence electrons. The molecule has 0 aliphatic rings. The number of hydrogen-bond donors (Lipinski definition) is 1. The van der Waals surface area contributed by atoms with Gasteiger partial charge in [0, 0.05) is 12.6 Å². The molecule has 2 aromatic rings. The Hall–Kier alpha value is -1.82. The predicted molar refractivity (Wildman–Crippen MR) is 58.9 cm³/mol. The molecule has 0 bridgehead atoms. The lowest BCUT2D eigenvalue weighted by Crippen LogP contribution is -2.08. The van der Waals surface area contributed by atoms with Crippen molar-refractivity contribution in [2.24, 2.45) is 5.73 Å². The van der Waals surface area contributed by atoms with Gasteiger partial charge in [0.05, 0.1) is 12.1 Å². The van der Waals surface area contributed by atoms with E-state index < -0.39 is 11.6 Å². The van der Waals surface area contributed by atoms with E-state index in [0.29, 0.717) is 18.2 Å². The summed E-state index contributed by atoms with van der Waals surface area (Å²) in [5, 5.41) is 7.76. The largest absolute Gasteiger partial charge is 0.324 e. The highest BCUT2D eigenvalue weighted by atomic mass is 19.1. The lowest BCUT2D eigenvalue weighted by Gasteiger charge is -2.07. The second-order valence-corrected chi connectivity index (χ2v) is 3.51. The molecule has 1 heterocycles. The molecule has 0 amide bonds. The van der Waals surface area contributed by atoms with Crippen LogP contribution in [0.1, 0.15) is 12.7 Å². The molecule has 2 N–H and O–H groups in total. The van der Waals surface area contributed by atoms with E-state index in [0.717, 1.165) is 6.07 Å². The quantitative estimate of drug-likeness (QED) is 0.885. The van der Waals surface area contributed by atoms with Gasteiger partial charge in [-0.15, -0.1) is 10.2 Å². The van der Waals surface area contributed by atoms with Crippen LogP contribution >= 0.6 is 0 Å². The van der Waals surface area contributed by atoms with Crippen molar-refractivity contribution in [3.63, 3.8) is 0 Å². The average Bonchev–Trinajstić information content (AvgIpc) is 2.71. The second kappa shape index (κ2) is 4.58. The van der Waals surface area contributed by atoms with E-state index in [-0.39, 0.29) is 12.1 Å². The summed E-state index contributed by atoms with van der Waals surface area (Å²) in [4.78, 5) is 0. The van der Waals surface area contributed by atoms with Gasteiger partial charge >= 0.3 is 0 Å². The monoisotopic (exact) mass is 238 g/mol. The van der Waals surface area contributed by atoms with Crippen molar-refractivity contribution in [3.05, 3.63) is 35.7 Å². The first kappa shape index (κ1) is 11.7. The minimum absolute atomic E-state index is 0.223. The molecule has 17 heavy (non-hydrogen) atoms. The summed E-state index contributed by atoms with van der Waals surface area (Å²) < 4.78 is 28.1. The molecule has 0 aliphatic carbocycles. The molecular weight excluding hydrogens is 226 g/mol. The molecule has 0 spiro atoms. The first-order valence-corrected chi connectivity index (χ1v) is 5.25. The van der Waals surface area contributed by atoms with Crippen LogP contribution in [0, 0.1) is 11.6 Å². The maximum atomic E-state index is 13.6. The van der Waals surface area contributed by atoms with Crippen LogP contribution in [0.2, 0.25) is 0 Å². The van der Waals surface area contributed by atoms with Crippen LogP contribution < -0.4 is 5.73 Å². The molecule has 0 radical (unpaired) electrons. The lowest BCUT2D eigenvalue weighted by atomic mass is 10.2. The molecule has 0 fully saturated rings. The van der Waals surface area contributed by atoms with Crippen LogP contribution in [0.3, 0.4) is 0 Å². The van der Waals surface area contributed by atoms with Crippen LogP contribution in [0.5, 0.6) is 0 Å². The summed E-state index contributed by atoms with van der Waals surface area (Å²) in [6, 6.07) is 3.36. The Morgan fingerprint density at radius 2 is 2.06 bits per heavy atom. The van der Waals surface area contributed by atoms with E-state index in [1.807, 2.05) is 6.92 Å². The van der Waals surface area contributed by atoms with Crippen LogP contribution in [0.15, 0.2) is 18.2 Å². The Morgan fingerprint density at radius 1 is 1.29 bits per heavy atom. The zero-order valence-corrected chi connectivity index (χ0v) is 9.32. The summed E-state index contributed by atoms with van der Waals surface area (Å²) in [6.07, 6.45) is 0. The molecule has 1 aromatic carbocycles. The number of aromatic nitrogens is 3. The van der Waals surface area contributed by atoms with Crippen molar-refractivity contribution in [2.75, 3.05) is 0 Å². The first-order valence-electron chi connectivity index (χ1n) is 5.25. The Kier molecular flexibility index (Phi) is 3.14. The molecule has 2 rings (SSSR count). The molecule has 0 aliphatic heterocycles. The van der Waals surface area contributed by atoms with Gasteiger partial charge in [-0.2, -0.15) is 0 Å². The van der Waals surface area contributed by atoms with Crippen molar-refractivity contribution < 1.29 is 8.78 Å². The SMILES string of the molecule is CCn1c(CN)nnc1-c1ccc(F)cc1F. The Balaban J connectivity index is 2.56. The van der Waals surface area contributed by atoms with Crippen molar-refractivity contribution in [2.45, 2.75) is 20.0 Å². The highest BCUT2D eigenvalue weighted by Crippen LogP contribution is 2.22. The topological polar surface area (TPSA) is 56.7 Å². The van der Waals surface area contributed by atoms with Crippen LogP contribution in [0.4, 0.5) is 8.78 Å². The van der Waals surface area contributed by atoms with Crippen LogP contribution in [0.25, 0.3) is 11.4 Å². The van der Waals surface area contributed by atoms with Crippen molar-refractivity contribution in [1.29, 1.82) is 0 Å². The van der Waals surface area contributed by atoms with E-state index in [1.165, 1.54) is 12.1 Å². The molecule has 0 unspecified atom stereocenters. The van der Waals surface area contributed by atoms with Gasteiger partial charge in [-0.3, -0.25) is 0 Å².